The summed E-state index contributed by atoms with van der Waals surface area (Å²) < 4.78 is 19.0. The molecule has 23 heavy (non-hydrogen) atoms. The van der Waals surface area contributed by atoms with Crippen LogP contribution in [0.25, 0.3) is 0 Å². The number of aromatic nitrogens is 2. The first-order valence-electron chi connectivity index (χ1n) is 7.96. The zero-order chi connectivity index (χ0) is 16.1. The number of aromatic amines is 1. The average molecular weight is 319 g/mol. The summed E-state index contributed by atoms with van der Waals surface area (Å²) in [6.07, 6.45) is 3.32. The van der Waals surface area contributed by atoms with Crippen LogP contribution in [-0.2, 0) is 11.3 Å². The van der Waals surface area contributed by atoms with Crippen LogP contribution < -0.4 is 0 Å². The highest BCUT2D eigenvalue weighted by Gasteiger charge is 2.28. The van der Waals surface area contributed by atoms with Gasteiger partial charge in [0.15, 0.2) is 0 Å². The molecule has 0 saturated carbocycles. The van der Waals surface area contributed by atoms with Crippen molar-refractivity contribution < 1.29 is 14.2 Å². The van der Waals surface area contributed by atoms with Crippen molar-refractivity contribution in [1.82, 2.24) is 15.1 Å². The number of hydrogen-bond donors (Lipinski definition) is 2. The van der Waals surface area contributed by atoms with Crippen LogP contribution in [0.4, 0.5) is 4.39 Å². The topological polar surface area (TPSA) is 61.4 Å². The maximum Gasteiger partial charge on any atom is 0.128 e. The van der Waals surface area contributed by atoms with Gasteiger partial charge in [-0.15, -0.1) is 0 Å². The third kappa shape index (κ3) is 4.16. The summed E-state index contributed by atoms with van der Waals surface area (Å²) in [7, 11) is 0. The number of β-amino-alcohol motifs (C(OH)–C–C–N with tert-alkyl or cyclic N) is 1. The lowest BCUT2D eigenvalue weighted by Gasteiger charge is -2.25. The number of aliphatic hydroxyl groups is 1. The van der Waals surface area contributed by atoms with Gasteiger partial charge in [0.1, 0.15) is 5.82 Å². The zero-order valence-electron chi connectivity index (χ0n) is 13.0. The van der Waals surface area contributed by atoms with Gasteiger partial charge in [-0.2, -0.15) is 5.10 Å². The molecule has 2 aromatic rings. The molecule has 1 aromatic carbocycles. The molecule has 0 radical (unpaired) electrons. The van der Waals surface area contributed by atoms with Gasteiger partial charge in [-0.3, -0.25) is 10.00 Å². The molecule has 1 aliphatic rings. The van der Waals surface area contributed by atoms with Crippen molar-refractivity contribution in [2.45, 2.75) is 31.6 Å². The molecule has 0 bridgehead atoms. The molecule has 0 spiro atoms. The molecule has 3 rings (SSSR count). The second kappa shape index (κ2) is 7.68. The van der Waals surface area contributed by atoms with E-state index in [0.29, 0.717) is 12.1 Å². The zero-order valence-corrected chi connectivity index (χ0v) is 13.0. The molecule has 2 atom stereocenters. The van der Waals surface area contributed by atoms with Crippen molar-refractivity contribution >= 4 is 0 Å². The van der Waals surface area contributed by atoms with Gasteiger partial charge < -0.3 is 9.84 Å². The lowest BCUT2D eigenvalue weighted by atomic mass is 10.1. The number of H-pyrrole nitrogens is 1. The van der Waals surface area contributed by atoms with Crippen LogP contribution in [0.3, 0.4) is 0 Å². The average Bonchev–Trinajstić information content (AvgIpc) is 3.20. The van der Waals surface area contributed by atoms with Gasteiger partial charge in [0, 0.05) is 18.3 Å². The minimum atomic E-state index is -0.592. The number of halogens is 1. The predicted octanol–water partition coefficient (Wildman–Crippen LogP) is 2.26. The molecule has 1 aliphatic heterocycles. The van der Waals surface area contributed by atoms with Crippen LogP contribution in [0.2, 0.25) is 0 Å². The van der Waals surface area contributed by atoms with E-state index in [4.69, 9.17) is 4.74 Å². The number of nitrogens with one attached hydrogen (secondary N) is 1. The molecule has 1 aromatic heterocycles. The van der Waals surface area contributed by atoms with Crippen LogP contribution in [0.1, 0.15) is 30.1 Å². The normalized spacial score (nSPS) is 20.0. The summed E-state index contributed by atoms with van der Waals surface area (Å²) in [6.45, 7) is 1.86. The number of ether oxygens (including phenoxy) is 1. The Hall–Kier alpha value is -1.76. The maximum absolute atomic E-state index is 13.5. The second-order valence-corrected chi connectivity index (χ2v) is 5.93. The van der Waals surface area contributed by atoms with Gasteiger partial charge in [0.25, 0.3) is 0 Å². The Morgan fingerprint density at radius 1 is 1.39 bits per heavy atom. The summed E-state index contributed by atoms with van der Waals surface area (Å²) in [4.78, 5) is 2.24. The molecular formula is C17H22FN3O2. The summed E-state index contributed by atoms with van der Waals surface area (Å²) in [6, 6.07) is 8.78. The quantitative estimate of drug-likeness (QED) is 0.822. The number of aliphatic hydroxyl groups excluding tert-OH is 1. The Kier molecular flexibility index (Phi) is 5.38. The summed E-state index contributed by atoms with van der Waals surface area (Å²) in [5, 5.41) is 17.2. The van der Waals surface area contributed by atoms with E-state index in [2.05, 4.69) is 15.1 Å². The summed E-state index contributed by atoms with van der Waals surface area (Å²) in [5.41, 5.74) is 1.60. The van der Waals surface area contributed by atoms with Crippen molar-refractivity contribution in [3.05, 3.63) is 53.6 Å². The highest BCUT2D eigenvalue weighted by atomic mass is 19.1. The second-order valence-electron chi connectivity index (χ2n) is 5.93. The number of rotatable bonds is 7. The molecule has 6 heteroatoms. The minimum Gasteiger partial charge on any atom is -0.389 e. The van der Waals surface area contributed by atoms with E-state index in [1.54, 1.807) is 24.4 Å². The van der Waals surface area contributed by atoms with E-state index < -0.39 is 6.10 Å². The molecule has 0 unspecified atom stereocenters. The number of benzene rings is 1. The molecule has 5 nitrogen and oxygen atoms in total. The lowest BCUT2D eigenvalue weighted by molar-refractivity contribution is 0.00675. The minimum absolute atomic E-state index is 0.174. The first-order chi connectivity index (χ1) is 11.2. The van der Waals surface area contributed by atoms with E-state index in [-0.39, 0.29) is 25.1 Å². The van der Waals surface area contributed by atoms with Crippen molar-refractivity contribution in [1.29, 1.82) is 0 Å². The Balaban J connectivity index is 1.46. The van der Waals surface area contributed by atoms with E-state index in [9.17, 15) is 9.50 Å². The first kappa shape index (κ1) is 16.1. The SMILES string of the molecule is O[C@@H](COCc1ccccc1F)CN1CCC[C@H]1c1ccn[nH]1. The molecule has 0 amide bonds. The van der Waals surface area contributed by atoms with Crippen LogP contribution in [0.15, 0.2) is 36.5 Å². The Morgan fingerprint density at radius 3 is 3.04 bits per heavy atom. The Bertz CT molecular complexity index is 606. The Labute approximate surface area is 135 Å². The fourth-order valence-electron chi connectivity index (χ4n) is 3.09. The fourth-order valence-corrected chi connectivity index (χ4v) is 3.09. The van der Waals surface area contributed by atoms with Crippen LogP contribution in [-0.4, -0.2) is 46.0 Å². The number of nitrogens with zero attached hydrogens (tertiary/aromatic N) is 2. The number of likely N-dealkylation sites (tertiary alicyclic amines) is 1. The molecule has 2 N–H and O–H groups in total. The van der Waals surface area contributed by atoms with Crippen molar-refractivity contribution in [2.24, 2.45) is 0 Å². The van der Waals surface area contributed by atoms with E-state index in [0.717, 1.165) is 25.1 Å². The van der Waals surface area contributed by atoms with Gasteiger partial charge in [-0.05, 0) is 31.5 Å². The van der Waals surface area contributed by atoms with Gasteiger partial charge in [0.2, 0.25) is 0 Å². The van der Waals surface area contributed by atoms with Crippen molar-refractivity contribution in [3.8, 4) is 0 Å². The maximum atomic E-state index is 13.5. The first-order valence-corrected chi connectivity index (χ1v) is 7.96. The highest BCUT2D eigenvalue weighted by molar-refractivity contribution is 5.16. The third-order valence-electron chi connectivity index (χ3n) is 4.22. The highest BCUT2D eigenvalue weighted by Crippen LogP contribution is 2.30. The van der Waals surface area contributed by atoms with Gasteiger partial charge in [0.05, 0.1) is 31.1 Å². The van der Waals surface area contributed by atoms with Crippen LogP contribution in [0.5, 0.6) is 0 Å². The van der Waals surface area contributed by atoms with Crippen LogP contribution in [0, 0.1) is 5.82 Å². The van der Waals surface area contributed by atoms with E-state index in [1.165, 1.54) is 6.07 Å². The monoisotopic (exact) mass is 319 g/mol. The number of hydrogen-bond acceptors (Lipinski definition) is 4. The largest absolute Gasteiger partial charge is 0.389 e. The van der Waals surface area contributed by atoms with Crippen LogP contribution >= 0.6 is 0 Å². The third-order valence-corrected chi connectivity index (χ3v) is 4.22. The predicted molar refractivity (Wildman–Crippen MR) is 84.2 cm³/mol. The van der Waals surface area contributed by atoms with E-state index >= 15 is 0 Å². The van der Waals surface area contributed by atoms with Gasteiger partial charge in [-0.25, -0.2) is 4.39 Å². The van der Waals surface area contributed by atoms with Gasteiger partial charge >= 0.3 is 0 Å². The summed E-state index contributed by atoms with van der Waals surface area (Å²) in [5.74, 6) is -0.277. The fraction of sp³-hybridized carbons (Fsp3) is 0.471. The molecule has 2 heterocycles. The smallest absolute Gasteiger partial charge is 0.128 e. The molecule has 1 fully saturated rings. The molecule has 1 saturated heterocycles. The van der Waals surface area contributed by atoms with Crippen molar-refractivity contribution in [3.63, 3.8) is 0 Å². The molecule has 124 valence electrons. The lowest BCUT2D eigenvalue weighted by Crippen LogP contribution is -2.34. The Morgan fingerprint density at radius 2 is 2.26 bits per heavy atom. The molecular weight excluding hydrogens is 297 g/mol. The van der Waals surface area contributed by atoms with Crippen molar-refractivity contribution in [2.75, 3.05) is 19.7 Å². The molecule has 0 aliphatic carbocycles. The van der Waals surface area contributed by atoms with Gasteiger partial charge in [-0.1, -0.05) is 18.2 Å². The summed E-state index contributed by atoms with van der Waals surface area (Å²) >= 11 is 0. The standard InChI is InChI=1S/C17H22FN3O2/c18-15-5-2-1-4-13(15)11-23-12-14(22)10-21-9-3-6-17(21)16-7-8-19-20-16/h1-2,4-5,7-8,14,17,22H,3,6,9-12H2,(H,19,20)/t14-,17+/m1/s1. The van der Waals surface area contributed by atoms with E-state index in [1.807, 2.05) is 6.07 Å².